The molecule has 1 rings (SSSR count). The van der Waals surface area contributed by atoms with Crippen LogP contribution in [0.3, 0.4) is 0 Å². The van der Waals surface area contributed by atoms with Crippen LogP contribution in [0.25, 0.3) is 0 Å². The average molecular weight is 297 g/mol. The van der Waals surface area contributed by atoms with Gasteiger partial charge >= 0.3 is 6.18 Å². The van der Waals surface area contributed by atoms with Crippen LogP contribution in [-0.2, 0) is 16.0 Å². The molecule has 0 aromatic heterocycles. The Balaban J connectivity index is 2.99. The molecule has 4 nitrogen and oxygen atoms in total. The van der Waals surface area contributed by atoms with Gasteiger partial charge in [-0.3, -0.25) is 0 Å². The number of nitrogens with two attached hydrogens (primary N) is 1. The minimum atomic E-state index is -4.54. The maximum atomic E-state index is 12.5. The average Bonchev–Trinajstić information content (AvgIpc) is 2.24. The van der Waals surface area contributed by atoms with Gasteiger partial charge in [-0.25, -0.2) is 8.42 Å². The first-order chi connectivity index (χ1) is 8.50. The van der Waals surface area contributed by atoms with Crippen LogP contribution < -0.4 is 5.73 Å². The predicted molar refractivity (Wildman–Crippen MR) is 65.1 cm³/mol. The summed E-state index contributed by atoms with van der Waals surface area (Å²) in [5.41, 5.74) is 4.44. The highest BCUT2D eigenvalue weighted by molar-refractivity contribution is 7.90. The second-order valence-corrected chi connectivity index (χ2v) is 6.54. The lowest BCUT2D eigenvalue weighted by Crippen LogP contribution is -2.12. The predicted octanol–water partition coefficient (Wildman–Crippen LogP) is 1.76. The lowest BCUT2D eigenvalue weighted by Gasteiger charge is -2.15. The minimum Gasteiger partial charge on any atom is -0.398 e. The second kappa shape index (κ2) is 5.38. The highest BCUT2D eigenvalue weighted by atomic mass is 32.2. The summed E-state index contributed by atoms with van der Waals surface area (Å²) in [6.45, 7) is 0. The number of benzene rings is 1. The molecule has 1 unspecified atom stereocenters. The standard InChI is InChI=1S/C11H14F3NO3S/c1-19(17,18)5-4-10(16)8-6-7(11(12,13)14)2-3-9(8)15/h2-3,6,10,16H,4-5,15H2,1H3. The molecular formula is C11H14F3NO3S. The third kappa shape index (κ3) is 4.71. The molecule has 0 saturated carbocycles. The molecule has 108 valence electrons. The Bertz CT molecular complexity index is 555. The number of aliphatic hydroxyl groups is 1. The number of aliphatic hydroxyl groups excluding tert-OH is 1. The van der Waals surface area contributed by atoms with Gasteiger partial charge in [0.1, 0.15) is 9.84 Å². The molecule has 0 bridgehead atoms. The fourth-order valence-corrected chi connectivity index (χ4v) is 2.17. The smallest absolute Gasteiger partial charge is 0.398 e. The molecule has 1 aromatic carbocycles. The number of alkyl halides is 3. The molecule has 0 fully saturated rings. The van der Waals surface area contributed by atoms with Gasteiger partial charge in [0.25, 0.3) is 0 Å². The maximum absolute atomic E-state index is 12.5. The summed E-state index contributed by atoms with van der Waals surface area (Å²) >= 11 is 0. The Morgan fingerprint density at radius 3 is 2.42 bits per heavy atom. The van der Waals surface area contributed by atoms with Crippen molar-refractivity contribution < 1.29 is 26.7 Å². The van der Waals surface area contributed by atoms with E-state index in [-0.39, 0.29) is 23.4 Å². The van der Waals surface area contributed by atoms with Gasteiger partial charge in [0.2, 0.25) is 0 Å². The van der Waals surface area contributed by atoms with Crippen molar-refractivity contribution >= 4 is 15.5 Å². The number of hydrogen-bond donors (Lipinski definition) is 2. The van der Waals surface area contributed by atoms with Crippen molar-refractivity contribution in [3.63, 3.8) is 0 Å². The minimum absolute atomic E-state index is 0.00555. The van der Waals surface area contributed by atoms with Crippen LogP contribution in [0.1, 0.15) is 23.7 Å². The van der Waals surface area contributed by atoms with Crippen molar-refractivity contribution in [2.45, 2.75) is 18.7 Å². The maximum Gasteiger partial charge on any atom is 0.416 e. The first-order valence-electron chi connectivity index (χ1n) is 5.33. The molecule has 0 saturated heterocycles. The fourth-order valence-electron chi connectivity index (χ4n) is 1.52. The van der Waals surface area contributed by atoms with Crippen molar-refractivity contribution in [3.8, 4) is 0 Å². The van der Waals surface area contributed by atoms with Crippen LogP contribution in [0.15, 0.2) is 18.2 Å². The zero-order valence-electron chi connectivity index (χ0n) is 10.1. The Morgan fingerprint density at radius 2 is 1.95 bits per heavy atom. The van der Waals surface area contributed by atoms with Crippen molar-refractivity contribution in [2.75, 3.05) is 17.7 Å². The van der Waals surface area contributed by atoms with Crippen LogP contribution in [0, 0.1) is 0 Å². The quantitative estimate of drug-likeness (QED) is 0.830. The number of rotatable bonds is 4. The van der Waals surface area contributed by atoms with E-state index in [0.29, 0.717) is 0 Å². The molecule has 0 amide bonds. The van der Waals surface area contributed by atoms with E-state index in [9.17, 15) is 26.7 Å². The number of halogens is 3. The van der Waals surface area contributed by atoms with Gasteiger partial charge in [0, 0.05) is 17.5 Å². The van der Waals surface area contributed by atoms with Crippen LogP contribution in [0.2, 0.25) is 0 Å². The summed E-state index contributed by atoms with van der Waals surface area (Å²) in [4.78, 5) is 0. The highest BCUT2D eigenvalue weighted by Crippen LogP contribution is 2.33. The third-order valence-electron chi connectivity index (χ3n) is 2.54. The molecular weight excluding hydrogens is 283 g/mol. The van der Waals surface area contributed by atoms with Crippen molar-refractivity contribution in [1.29, 1.82) is 0 Å². The Hall–Kier alpha value is -1.28. The third-order valence-corrected chi connectivity index (χ3v) is 3.51. The van der Waals surface area contributed by atoms with Crippen molar-refractivity contribution in [3.05, 3.63) is 29.3 Å². The van der Waals surface area contributed by atoms with Crippen LogP contribution in [0.4, 0.5) is 18.9 Å². The monoisotopic (exact) mass is 297 g/mol. The van der Waals surface area contributed by atoms with E-state index in [1.54, 1.807) is 0 Å². The lowest BCUT2D eigenvalue weighted by molar-refractivity contribution is -0.137. The molecule has 0 heterocycles. The molecule has 1 aromatic rings. The molecule has 0 radical (unpaired) electrons. The molecule has 3 N–H and O–H groups in total. The molecule has 0 aliphatic rings. The van der Waals surface area contributed by atoms with E-state index < -0.39 is 27.7 Å². The van der Waals surface area contributed by atoms with Crippen LogP contribution in [-0.4, -0.2) is 25.5 Å². The Labute approximate surface area is 109 Å². The van der Waals surface area contributed by atoms with Gasteiger partial charge in [0.15, 0.2) is 0 Å². The summed E-state index contributed by atoms with van der Waals surface area (Å²) in [6.07, 6.45) is -5.12. The topological polar surface area (TPSA) is 80.4 Å². The Morgan fingerprint density at radius 1 is 1.37 bits per heavy atom. The number of hydrogen-bond acceptors (Lipinski definition) is 4. The highest BCUT2D eigenvalue weighted by Gasteiger charge is 2.31. The zero-order valence-corrected chi connectivity index (χ0v) is 10.9. The van der Waals surface area contributed by atoms with E-state index in [1.807, 2.05) is 0 Å². The second-order valence-electron chi connectivity index (χ2n) is 4.28. The number of anilines is 1. The largest absolute Gasteiger partial charge is 0.416 e. The molecule has 19 heavy (non-hydrogen) atoms. The summed E-state index contributed by atoms with van der Waals surface area (Å²) in [5.74, 6) is -0.330. The molecule has 1 atom stereocenters. The van der Waals surface area contributed by atoms with Crippen molar-refractivity contribution in [2.24, 2.45) is 0 Å². The van der Waals surface area contributed by atoms with Gasteiger partial charge < -0.3 is 10.8 Å². The van der Waals surface area contributed by atoms with Crippen molar-refractivity contribution in [1.82, 2.24) is 0 Å². The summed E-state index contributed by atoms with van der Waals surface area (Å²) in [6, 6.07) is 2.59. The summed E-state index contributed by atoms with van der Waals surface area (Å²) in [7, 11) is -3.30. The number of nitrogen functional groups attached to an aromatic ring is 1. The van der Waals surface area contributed by atoms with Gasteiger partial charge in [-0.2, -0.15) is 13.2 Å². The normalized spacial score (nSPS) is 14.4. The molecule has 0 spiro atoms. The first kappa shape index (κ1) is 15.8. The number of sulfone groups is 1. The van der Waals surface area contributed by atoms with E-state index in [4.69, 9.17) is 5.73 Å². The van der Waals surface area contributed by atoms with Gasteiger partial charge in [-0.1, -0.05) is 0 Å². The van der Waals surface area contributed by atoms with Gasteiger partial charge in [-0.05, 0) is 24.6 Å². The zero-order chi connectivity index (χ0) is 14.8. The van der Waals surface area contributed by atoms with Gasteiger partial charge in [0.05, 0.1) is 17.4 Å². The van der Waals surface area contributed by atoms with Gasteiger partial charge in [-0.15, -0.1) is 0 Å². The first-order valence-corrected chi connectivity index (χ1v) is 7.39. The molecule has 0 aliphatic heterocycles. The Kier molecular flexibility index (Phi) is 4.46. The molecule has 8 heteroatoms. The van der Waals surface area contributed by atoms with E-state index in [0.717, 1.165) is 24.5 Å². The van der Waals surface area contributed by atoms with Crippen LogP contribution >= 0.6 is 0 Å². The fraction of sp³-hybridized carbons (Fsp3) is 0.455. The van der Waals surface area contributed by atoms with E-state index in [2.05, 4.69) is 0 Å². The van der Waals surface area contributed by atoms with E-state index >= 15 is 0 Å². The van der Waals surface area contributed by atoms with E-state index in [1.165, 1.54) is 0 Å². The molecule has 0 aliphatic carbocycles. The lowest BCUT2D eigenvalue weighted by atomic mass is 10.0. The van der Waals surface area contributed by atoms with Crippen LogP contribution in [0.5, 0.6) is 0 Å². The SMILES string of the molecule is CS(=O)(=O)CCC(O)c1cc(C(F)(F)F)ccc1N. The summed E-state index contributed by atoms with van der Waals surface area (Å²) < 4.78 is 59.5. The summed E-state index contributed by atoms with van der Waals surface area (Å²) in [5, 5.41) is 9.74.